The second-order valence-electron chi connectivity index (χ2n) is 7.49. The van der Waals surface area contributed by atoms with E-state index in [0.717, 1.165) is 6.42 Å². The van der Waals surface area contributed by atoms with Crippen LogP contribution in [0.2, 0.25) is 0 Å². The van der Waals surface area contributed by atoms with Crippen LogP contribution >= 0.6 is 0 Å². The molecule has 0 atom stereocenters. The SMILES string of the molecule is Cc1ccc(CC2(Cn3ccnc3)OCC(C)(C)CO2)c(C)c1. The molecule has 1 aliphatic heterocycles. The number of hydrogen-bond donors (Lipinski definition) is 0. The molecule has 0 radical (unpaired) electrons. The van der Waals surface area contributed by atoms with Gasteiger partial charge in [-0.3, -0.25) is 0 Å². The van der Waals surface area contributed by atoms with E-state index in [2.05, 4.69) is 50.9 Å². The quantitative estimate of drug-likeness (QED) is 0.866. The average Bonchev–Trinajstić information content (AvgIpc) is 2.98. The standard InChI is InChI=1S/C19H26N2O2/c1-15-5-6-17(16(2)9-15)10-19(11-21-8-7-20-14-21)22-12-18(3,4)13-23-19/h5-9,14H,10-13H2,1-4H3. The molecule has 2 aromatic rings. The summed E-state index contributed by atoms with van der Waals surface area (Å²) in [5.41, 5.74) is 3.89. The lowest BCUT2D eigenvalue weighted by Crippen LogP contribution is -2.51. The molecule has 4 heteroatoms. The second-order valence-corrected chi connectivity index (χ2v) is 7.49. The van der Waals surface area contributed by atoms with Crippen molar-refractivity contribution < 1.29 is 9.47 Å². The minimum Gasteiger partial charge on any atom is -0.347 e. The second kappa shape index (κ2) is 6.10. The van der Waals surface area contributed by atoms with Gasteiger partial charge in [-0.1, -0.05) is 37.6 Å². The lowest BCUT2D eigenvalue weighted by molar-refractivity contribution is -0.304. The number of imidazole rings is 1. The zero-order chi connectivity index (χ0) is 16.5. The first-order chi connectivity index (χ1) is 10.9. The highest BCUT2D eigenvalue weighted by atomic mass is 16.7. The molecule has 0 aliphatic carbocycles. The Balaban J connectivity index is 1.86. The van der Waals surface area contributed by atoms with E-state index in [1.807, 2.05) is 17.1 Å². The number of ether oxygens (including phenoxy) is 2. The maximum absolute atomic E-state index is 6.27. The van der Waals surface area contributed by atoms with Crippen LogP contribution in [0.5, 0.6) is 0 Å². The molecule has 2 heterocycles. The number of aryl methyl sites for hydroxylation is 2. The van der Waals surface area contributed by atoms with Crippen LogP contribution < -0.4 is 0 Å². The highest BCUT2D eigenvalue weighted by molar-refractivity contribution is 5.31. The van der Waals surface area contributed by atoms with Crippen LogP contribution in [0.3, 0.4) is 0 Å². The number of nitrogens with zero attached hydrogens (tertiary/aromatic N) is 2. The van der Waals surface area contributed by atoms with Gasteiger partial charge in [-0.05, 0) is 25.0 Å². The van der Waals surface area contributed by atoms with Crippen molar-refractivity contribution in [1.82, 2.24) is 9.55 Å². The molecule has 23 heavy (non-hydrogen) atoms. The summed E-state index contributed by atoms with van der Waals surface area (Å²) in [7, 11) is 0. The molecular weight excluding hydrogens is 288 g/mol. The van der Waals surface area contributed by atoms with Crippen LogP contribution in [0.15, 0.2) is 36.9 Å². The molecule has 0 saturated carbocycles. The van der Waals surface area contributed by atoms with Gasteiger partial charge in [-0.15, -0.1) is 0 Å². The number of rotatable bonds is 4. The zero-order valence-electron chi connectivity index (χ0n) is 14.5. The first-order valence-corrected chi connectivity index (χ1v) is 8.17. The lowest BCUT2D eigenvalue weighted by atomic mass is 9.92. The van der Waals surface area contributed by atoms with Crippen LogP contribution in [0.4, 0.5) is 0 Å². The summed E-state index contributed by atoms with van der Waals surface area (Å²) in [6, 6.07) is 6.56. The fourth-order valence-electron chi connectivity index (χ4n) is 2.98. The minimum atomic E-state index is -0.629. The normalized spacial score (nSPS) is 19.7. The number of hydrogen-bond acceptors (Lipinski definition) is 3. The summed E-state index contributed by atoms with van der Waals surface area (Å²) in [6.45, 7) is 10.7. The van der Waals surface area contributed by atoms with E-state index in [1.54, 1.807) is 6.20 Å². The minimum absolute atomic E-state index is 0.0563. The predicted octanol–water partition coefficient (Wildman–Crippen LogP) is 3.51. The molecule has 0 bridgehead atoms. The van der Waals surface area contributed by atoms with Gasteiger partial charge in [0, 0.05) is 24.2 Å². The Kier molecular flexibility index (Phi) is 4.30. The van der Waals surface area contributed by atoms with Gasteiger partial charge in [0.2, 0.25) is 0 Å². The Morgan fingerprint density at radius 1 is 1.17 bits per heavy atom. The van der Waals surface area contributed by atoms with Gasteiger partial charge in [-0.2, -0.15) is 0 Å². The van der Waals surface area contributed by atoms with Crippen LogP contribution in [0, 0.1) is 19.3 Å². The molecule has 1 aromatic heterocycles. The van der Waals surface area contributed by atoms with E-state index < -0.39 is 5.79 Å². The Morgan fingerprint density at radius 3 is 2.52 bits per heavy atom. The fraction of sp³-hybridized carbons (Fsp3) is 0.526. The first-order valence-electron chi connectivity index (χ1n) is 8.17. The van der Waals surface area contributed by atoms with E-state index in [0.29, 0.717) is 19.8 Å². The molecular formula is C19H26N2O2. The Bertz CT molecular complexity index is 652. The summed E-state index contributed by atoms with van der Waals surface area (Å²) in [5.74, 6) is -0.629. The van der Waals surface area contributed by atoms with Gasteiger partial charge in [0.1, 0.15) is 0 Å². The summed E-state index contributed by atoms with van der Waals surface area (Å²) in [6.07, 6.45) is 6.30. The smallest absolute Gasteiger partial charge is 0.190 e. The van der Waals surface area contributed by atoms with Crippen LogP contribution in [0.1, 0.15) is 30.5 Å². The summed E-state index contributed by atoms with van der Waals surface area (Å²) in [4.78, 5) is 4.14. The third kappa shape index (κ3) is 3.82. The molecule has 1 saturated heterocycles. The van der Waals surface area contributed by atoms with Gasteiger partial charge in [-0.25, -0.2) is 4.98 Å². The molecule has 1 aliphatic rings. The molecule has 1 aromatic carbocycles. The maximum atomic E-state index is 6.27. The van der Waals surface area contributed by atoms with Crippen molar-refractivity contribution in [3.05, 3.63) is 53.6 Å². The van der Waals surface area contributed by atoms with Crippen LogP contribution in [0.25, 0.3) is 0 Å². The molecule has 1 fully saturated rings. The molecule has 4 nitrogen and oxygen atoms in total. The fourth-order valence-corrected chi connectivity index (χ4v) is 2.98. The van der Waals surface area contributed by atoms with Gasteiger partial charge in [0.15, 0.2) is 5.79 Å². The highest BCUT2D eigenvalue weighted by Crippen LogP contribution is 2.33. The van der Waals surface area contributed by atoms with E-state index in [-0.39, 0.29) is 5.41 Å². The summed E-state index contributed by atoms with van der Waals surface area (Å²) < 4.78 is 14.6. The Morgan fingerprint density at radius 2 is 1.91 bits per heavy atom. The van der Waals surface area contributed by atoms with Gasteiger partial charge in [0.05, 0.1) is 26.1 Å². The third-order valence-corrected chi connectivity index (χ3v) is 4.39. The van der Waals surface area contributed by atoms with Crippen molar-refractivity contribution in [3.63, 3.8) is 0 Å². The zero-order valence-corrected chi connectivity index (χ0v) is 14.5. The van der Waals surface area contributed by atoms with Crippen molar-refractivity contribution in [1.29, 1.82) is 0 Å². The summed E-state index contributed by atoms with van der Waals surface area (Å²) in [5, 5.41) is 0. The average molecular weight is 314 g/mol. The van der Waals surface area contributed by atoms with Crippen molar-refractivity contribution in [2.24, 2.45) is 5.41 Å². The number of benzene rings is 1. The maximum Gasteiger partial charge on any atom is 0.190 e. The van der Waals surface area contributed by atoms with Gasteiger partial charge in [0.25, 0.3) is 0 Å². The monoisotopic (exact) mass is 314 g/mol. The Labute approximate surface area is 138 Å². The van der Waals surface area contributed by atoms with E-state index >= 15 is 0 Å². The number of aromatic nitrogens is 2. The van der Waals surface area contributed by atoms with E-state index in [4.69, 9.17) is 9.47 Å². The van der Waals surface area contributed by atoms with Crippen LogP contribution in [-0.2, 0) is 22.4 Å². The summed E-state index contributed by atoms with van der Waals surface area (Å²) >= 11 is 0. The third-order valence-electron chi connectivity index (χ3n) is 4.39. The molecule has 0 N–H and O–H groups in total. The van der Waals surface area contributed by atoms with Crippen molar-refractivity contribution in [3.8, 4) is 0 Å². The molecule has 124 valence electrons. The Hall–Kier alpha value is -1.65. The lowest BCUT2D eigenvalue weighted by Gasteiger charge is -2.44. The van der Waals surface area contributed by atoms with Gasteiger partial charge >= 0.3 is 0 Å². The van der Waals surface area contributed by atoms with Crippen LogP contribution in [-0.4, -0.2) is 28.6 Å². The molecule has 0 spiro atoms. The van der Waals surface area contributed by atoms with E-state index in [1.165, 1.54) is 16.7 Å². The molecule has 0 amide bonds. The largest absolute Gasteiger partial charge is 0.347 e. The van der Waals surface area contributed by atoms with E-state index in [9.17, 15) is 0 Å². The van der Waals surface area contributed by atoms with Crippen molar-refractivity contribution >= 4 is 0 Å². The van der Waals surface area contributed by atoms with Crippen molar-refractivity contribution in [2.75, 3.05) is 13.2 Å². The van der Waals surface area contributed by atoms with Crippen molar-refractivity contribution in [2.45, 2.75) is 46.4 Å². The molecule has 3 rings (SSSR count). The van der Waals surface area contributed by atoms with Gasteiger partial charge < -0.3 is 14.0 Å². The molecule has 0 unspecified atom stereocenters. The highest BCUT2D eigenvalue weighted by Gasteiger charge is 2.41. The predicted molar refractivity (Wildman–Crippen MR) is 90.3 cm³/mol. The first kappa shape index (κ1) is 16.2. The topological polar surface area (TPSA) is 36.3 Å².